The normalized spacial score (nSPS) is 12.1. The summed E-state index contributed by atoms with van der Waals surface area (Å²) in [6.45, 7) is 4.00. The average Bonchev–Trinajstić information content (AvgIpc) is 2.35. The second-order valence-electron chi connectivity index (χ2n) is 4.31. The molecule has 100 valence electrons. The molecular formula is C14H21NO3. The van der Waals surface area contributed by atoms with Crippen molar-refractivity contribution < 1.29 is 14.3 Å². The molecule has 0 aliphatic rings. The summed E-state index contributed by atoms with van der Waals surface area (Å²) in [4.78, 5) is 11.4. The zero-order valence-corrected chi connectivity index (χ0v) is 11.7. The molecule has 0 saturated heterocycles. The number of carbonyl (C=O) groups is 1. The van der Waals surface area contributed by atoms with Gasteiger partial charge in [-0.05, 0) is 37.6 Å². The Hall–Kier alpha value is -1.55. The summed E-state index contributed by atoms with van der Waals surface area (Å²) in [5, 5.41) is 3.13. The van der Waals surface area contributed by atoms with E-state index in [4.69, 9.17) is 9.47 Å². The minimum Gasteiger partial charge on any atom is -0.496 e. The molecule has 1 unspecified atom stereocenters. The van der Waals surface area contributed by atoms with Crippen molar-refractivity contribution in [3.05, 3.63) is 28.8 Å². The molecule has 18 heavy (non-hydrogen) atoms. The number of rotatable bonds is 5. The highest BCUT2D eigenvalue weighted by Crippen LogP contribution is 2.28. The number of ether oxygens (including phenoxy) is 2. The Bertz CT molecular complexity index is 406. The number of hydrogen-bond acceptors (Lipinski definition) is 4. The van der Waals surface area contributed by atoms with Crippen LogP contribution in [0, 0.1) is 13.8 Å². The lowest BCUT2D eigenvalue weighted by atomic mass is 9.98. The Morgan fingerprint density at radius 3 is 2.22 bits per heavy atom. The number of benzene rings is 1. The third-order valence-electron chi connectivity index (χ3n) is 3.04. The van der Waals surface area contributed by atoms with Crippen molar-refractivity contribution in [3.63, 3.8) is 0 Å². The van der Waals surface area contributed by atoms with E-state index in [0.717, 1.165) is 22.4 Å². The van der Waals surface area contributed by atoms with E-state index in [1.165, 1.54) is 7.11 Å². The Morgan fingerprint density at radius 1 is 1.28 bits per heavy atom. The zero-order valence-electron chi connectivity index (χ0n) is 11.7. The summed E-state index contributed by atoms with van der Waals surface area (Å²) < 4.78 is 10.0. The Balaban J connectivity index is 3.03. The van der Waals surface area contributed by atoms with Gasteiger partial charge in [-0.1, -0.05) is 12.1 Å². The molecule has 1 rings (SSSR count). The summed E-state index contributed by atoms with van der Waals surface area (Å²) in [6.07, 6.45) is 0.318. The Morgan fingerprint density at radius 2 is 1.83 bits per heavy atom. The molecule has 0 aromatic heterocycles. The van der Waals surface area contributed by atoms with Gasteiger partial charge < -0.3 is 14.8 Å². The predicted octanol–water partition coefficient (Wildman–Crippen LogP) is 2.14. The molecule has 0 spiro atoms. The number of aryl methyl sites for hydroxylation is 2. The molecule has 0 heterocycles. The van der Waals surface area contributed by atoms with Crippen molar-refractivity contribution in [1.82, 2.24) is 5.32 Å². The average molecular weight is 251 g/mol. The lowest BCUT2D eigenvalue weighted by Crippen LogP contribution is -2.21. The standard InChI is InChI=1S/C14H21NO3/c1-9-6-11(7-10(2)14(9)18-5)12(15-3)8-13(16)17-4/h6-7,12,15H,8H2,1-5H3. The molecule has 0 fully saturated rings. The van der Waals surface area contributed by atoms with Crippen molar-refractivity contribution in [3.8, 4) is 5.75 Å². The quantitative estimate of drug-likeness (QED) is 0.814. The van der Waals surface area contributed by atoms with Gasteiger partial charge in [0, 0.05) is 6.04 Å². The second-order valence-corrected chi connectivity index (χ2v) is 4.31. The predicted molar refractivity (Wildman–Crippen MR) is 70.9 cm³/mol. The van der Waals surface area contributed by atoms with Crippen LogP contribution in [0.5, 0.6) is 5.75 Å². The first-order valence-electron chi connectivity index (χ1n) is 5.92. The van der Waals surface area contributed by atoms with Crippen LogP contribution >= 0.6 is 0 Å². The van der Waals surface area contributed by atoms with Gasteiger partial charge in [-0.2, -0.15) is 0 Å². The minimum absolute atomic E-state index is 0.0410. The minimum atomic E-state index is -0.222. The van der Waals surface area contributed by atoms with Crippen molar-refractivity contribution >= 4 is 5.97 Å². The van der Waals surface area contributed by atoms with Crippen LogP contribution in [0.2, 0.25) is 0 Å². The van der Waals surface area contributed by atoms with E-state index in [9.17, 15) is 4.79 Å². The van der Waals surface area contributed by atoms with Gasteiger partial charge in [0.2, 0.25) is 0 Å². The van der Waals surface area contributed by atoms with E-state index >= 15 is 0 Å². The third kappa shape index (κ3) is 3.23. The first-order valence-corrected chi connectivity index (χ1v) is 5.92. The molecule has 1 N–H and O–H groups in total. The molecule has 0 amide bonds. The fourth-order valence-electron chi connectivity index (χ4n) is 2.14. The van der Waals surface area contributed by atoms with Crippen LogP contribution in [0.4, 0.5) is 0 Å². The summed E-state index contributed by atoms with van der Waals surface area (Å²) in [6, 6.07) is 4.03. The second kappa shape index (κ2) is 6.40. The van der Waals surface area contributed by atoms with Crippen molar-refractivity contribution in [2.75, 3.05) is 21.3 Å². The summed E-state index contributed by atoms with van der Waals surface area (Å²) in [5.74, 6) is 0.673. The smallest absolute Gasteiger partial charge is 0.307 e. The zero-order chi connectivity index (χ0) is 13.7. The molecule has 1 atom stereocenters. The maximum Gasteiger partial charge on any atom is 0.307 e. The van der Waals surface area contributed by atoms with Gasteiger partial charge in [-0.25, -0.2) is 0 Å². The molecule has 0 aliphatic carbocycles. The van der Waals surface area contributed by atoms with E-state index in [1.54, 1.807) is 7.11 Å². The molecule has 4 nitrogen and oxygen atoms in total. The first kappa shape index (κ1) is 14.5. The largest absolute Gasteiger partial charge is 0.496 e. The first-order chi connectivity index (χ1) is 8.53. The fourth-order valence-corrected chi connectivity index (χ4v) is 2.14. The van der Waals surface area contributed by atoms with Crippen LogP contribution in [0.3, 0.4) is 0 Å². The monoisotopic (exact) mass is 251 g/mol. The van der Waals surface area contributed by atoms with E-state index in [2.05, 4.69) is 5.32 Å². The van der Waals surface area contributed by atoms with E-state index in [1.807, 2.05) is 33.0 Å². The maximum absolute atomic E-state index is 11.4. The Labute approximate surface area is 108 Å². The Kier molecular flexibility index (Phi) is 5.16. The van der Waals surface area contributed by atoms with E-state index in [-0.39, 0.29) is 12.0 Å². The summed E-state index contributed by atoms with van der Waals surface area (Å²) in [5.41, 5.74) is 3.20. The SMILES string of the molecule is CNC(CC(=O)OC)c1cc(C)c(OC)c(C)c1. The molecule has 0 aliphatic heterocycles. The van der Waals surface area contributed by atoms with Crippen molar-refractivity contribution in [1.29, 1.82) is 0 Å². The number of nitrogens with one attached hydrogen (secondary N) is 1. The molecular weight excluding hydrogens is 230 g/mol. The molecule has 0 radical (unpaired) electrons. The van der Waals surface area contributed by atoms with E-state index in [0.29, 0.717) is 6.42 Å². The number of hydrogen-bond donors (Lipinski definition) is 1. The summed E-state index contributed by atoms with van der Waals surface area (Å²) in [7, 11) is 4.90. The van der Waals surface area contributed by atoms with Gasteiger partial charge in [0.1, 0.15) is 5.75 Å². The van der Waals surface area contributed by atoms with Gasteiger partial charge in [-0.3, -0.25) is 4.79 Å². The number of methoxy groups -OCH3 is 2. The highest BCUT2D eigenvalue weighted by molar-refractivity contribution is 5.70. The van der Waals surface area contributed by atoms with Gasteiger partial charge in [0.05, 0.1) is 20.6 Å². The van der Waals surface area contributed by atoms with Crippen molar-refractivity contribution in [2.24, 2.45) is 0 Å². The van der Waals surface area contributed by atoms with Gasteiger partial charge in [0.15, 0.2) is 0 Å². The van der Waals surface area contributed by atoms with Crippen LogP contribution in [-0.4, -0.2) is 27.2 Å². The molecule has 1 aromatic rings. The van der Waals surface area contributed by atoms with Crippen molar-refractivity contribution in [2.45, 2.75) is 26.3 Å². The lowest BCUT2D eigenvalue weighted by Gasteiger charge is -2.18. The lowest BCUT2D eigenvalue weighted by molar-refractivity contribution is -0.141. The van der Waals surface area contributed by atoms with Crippen LogP contribution in [0.15, 0.2) is 12.1 Å². The van der Waals surface area contributed by atoms with Crippen LogP contribution in [0.25, 0.3) is 0 Å². The highest BCUT2D eigenvalue weighted by Gasteiger charge is 2.16. The maximum atomic E-state index is 11.4. The fraction of sp³-hybridized carbons (Fsp3) is 0.500. The molecule has 1 aromatic carbocycles. The van der Waals surface area contributed by atoms with Crippen LogP contribution < -0.4 is 10.1 Å². The number of carbonyl (C=O) groups excluding carboxylic acids is 1. The van der Waals surface area contributed by atoms with Crippen LogP contribution in [-0.2, 0) is 9.53 Å². The van der Waals surface area contributed by atoms with Gasteiger partial charge in [0.25, 0.3) is 0 Å². The summed E-state index contributed by atoms with van der Waals surface area (Å²) >= 11 is 0. The van der Waals surface area contributed by atoms with Gasteiger partial charge in [-0.15, -0.1) is 0 Å². The third-order valence-corrected chi connectivity index (χ3v) is 3.04. The molecule has 0 bridgehead atoms. The molecule has 4 heteroatoms. The van der Waals surface area contributed by atoms with Gasteiger partial charge >= 0.3 is 5.97 Å². The number of esters is 1. The van der Waals surface area contributed by atoms with Crippen LogP contribution in [0.1, 0.15) is 29.2 Å². The topological polar surface area (TPSA) is 47.6 Å². The van der Waals surface area contributed by atoms with E-state index < -0.39 is 0 Å². The highest BCUT2D eigenvalue weighted by atomic mass is 16.5. The molecule has 0 saturated carbocycles.